The van der Waals surface area contributed by atoms with E-state index in [1.807, 2.05) is 11.8 Å². The normalized spacial score (nSPS) is 20.2. The van der Waals surface area contributed by atoms with Crippen molar-refractivity contribution >= 4 is 29.2 Å². The minimum absolute atomic E-state index is 0.147. The minimum Gasteiger partial charge on any atom is -0.481 e. The number of nitrogens with one attached hydrogen (secondary N) is 1. The van der Waals surface area contributed by atoms with Crippen LogP contribution in [0.1, 0.15) is 18.9 Å². The highest BCUT2D eigenvalue weighted by atomic mass is 35.5. The third-order valence-electron chi connectivity index (χ3n) is 4.02. The number of carbonyl (C=O) groups excluding carboxylic acids is 1. The van der Waals surface area contributed by atoms with E-state index in [1.54, 1.807) is 25.1 Å². The Kier molecular flexibility index (Phi) is 4.85. The van der Waals surface area contributed by atoms with Crippen molar-refractivity contribution in [2.24, 2.45) is 5.92 Å². The maximum atomic E-state index is 12.3. The number of carboxylic acids is 1. The van der Waals surface area contributed by atoms with E-state index in [1.165, 1.54) is 0 Å². The summed E-state index contributed by atoms with van der Waals surface area (Å²) in [6.07, 6.45) is 0.586. The van der Waals surface area contributed by atoms with E-state index in [2.05, 4.69) is 5.32 Å². The quantitative estimate of drug-likeness (QED) is 0.896. The van der Waals surface area contributed by atoms with Crippen LogP contribution in [0.15, 0.2) is 18.2 Å². The van der Waals surface area contributed by atoms with Crippen LogP contribution in [-0.4, -0.2) is 41.0 Å². The number of amides is 1. The smallest absolute Gasteiger partial charge is 0.307 e. The molecule has 1 aromatic rings. The molecule has 6 heteroatoms. The molecule has 5 nitrogen and oxygen atoms in total. The Morgan fingerprint density at radius 1 is 1.48 bits per heavy atom. The summed E-state index contributed by atoms with van der Waals surface area (Å²) >= 11 is 6.03. The molecule has 0 bridgehead atoms. The fourth-order valence-corrected chi connectivity index (χ4v) is 2.66. The van der Waals surface area contributed by atoms with Gasteiger partial charge in [-0.15, -0.1) is 0 Å². The highest BCUT2D eigenvalue weighted by Gasteiger charge is 2.33. The summed E-state index contributed by atoms with van der Waals surface area (Å²) in [6.45, 7) is 4.68. The molecule has 1 heterocycles. The predicted octanol–water partition coefficient (Wildman–Crippen LogP) is 2.38. The molecule has 2 N–H and O–H groups in total. The Labute approximate surface area is 128 Å². The Bertz CT molecular complexity index is 562. The summed E-state index contributed by atoms with van der Waals surface area (Å²) in [7, 11) is 0. The SMILES string of the molecule is Cc1c(Cl)cccc1NC(=O)C(C)N1CCC(C(=O)O)C1. The molecule has 1 aliphatic heterocycles. The Morgan fingerprint density at radius 2 is 2.19 bits per heavy atom. The summed E-state index contributed by atoms with van der Waals surface area (Å²) in [6, 6.07) is 4.99. The van der Waals surface area contributed by atoms with Gasteiger partial charge in [0, 0.05) is 17.3 Å². The van der Waals surface area contributed by atoms with Gasteiger partial charge in [-0.05, 0) is 44.5 Å². The third kappa shape index (κ3) is 3.54. The first-order valence-electron chi connectivity index (χ1n) is 6.93. The third-order valence-corrected chi connectivity index (χ3v) is 4.43. The molecule has 2 rings (SSSR count). The minimum atomic E-state index is -0.796. The molecule has 1 saturated heterocycles. The van der Waals surface area contributed by atoms with Crippen molar-refractivity contribution in [1.29, 1.82) is 0 Å². The molecule has 0 aromatic heterocycles. The highest BCUT2D eigenvalue weighted by molar-refractivity contribution is 6.31. The number of halogens is 1. The molecule has 1 aromatic carbocycles. The summed E-state index contributed by atoms with van der Waals surface area (Å²) in [5.74, 6) is -1.32. The van der Waals surface area contributed by atoms with Crippen LogP contribution in [0.25, 0.3) is 0 Å². The molecular weight excluding hydrogens is 292 g/mol. The van der Waals surface area contributed by atoms with Gasteiger partial charge in [0.25, 0.3) is 0 Å². The molecule has 0 radical (unpaired) electrons. The van der Waals surface area contributed by atoms with Gasteiger partial charge in [0.1, 0.15) is 0 Å². The second kappa shape index (κ2) is 6.45. The lowest BCUT2D eigenvalue weighted by Gasteiger charge is -2.23. The lowest BCUT2D eigenvalue weighted by atomic mass is 10.1. The maximum Gasteiger partial charge on any atom is 0.307 e. The molecule has 1 amide bonds. The monoisotopic (exact) mass is 310 g/mol. The van der Waals surface area contributed by atoms with Crippen molar-refractivity contribution in [1.82, 2.24) is 4.90 Å². The van der Waals surface area contributed by atoms with Gasteiger partial charge in [-0.3, -0.25) is 14.5 Å². The zero-order valence-corrected chi connectivity index (χ0v) is 12.9. The van der Waals surface area contributed by atoms with Gasteiger partial charge in [-0.2, -0.15) is 0 Å². The lowest BCUT2D eigenvalue weighted by Crippen LogP contribution is -2.41. The van der Waals surface area contributed by atoms with E-state index in [9.17, 15) is 9.59 Å². The number of nitrogens with zero attached hydrogens (tertiary/aromatic N) is 1. The fourth-order valence-electron chi connectivity index (χ4n) is 2.49. The number of anilines is 1. The number of hydrogen-bond acceptors (Lipinski definition) is 3. The maximum absolute atomic E-state index is 12.3. The number of likely N-dealkylation sites (tertiary alicyclic amines) is 1. The molecule has 0 saturated carbocycles. The van der Waals surface area contributed by atoms with Crippen LogP contribution in [0.2, 0.25) is 5.02 Å². The molecule has 0 aliphatic carbocycles. The zero-order chi connectivity index (χ0) is 15.6. The largest absolute Gasteiger partial charge is 0.481 e. The molecule has 114 valence electrons. The molecule has 1 fully saturated rings. The average Bonchev–Trinajstić information content (AvgIpc) is 2.93. The van der Waals surface area contributed by atoms with Crippen LogP contribution in [0.4, 0.5) is 5.69 Å². The van der Waals surface area contributed by atoms with Gasteiger partial charge in [-0.25, -0.2) is 0 Å². The summed E-state index contributed by atoms with van der Waals surface area (Å²) in [4.78, 5) is 25.2. The standard InChI is InChI=1S/C15H19ClN2O3/c1-9-12(16)4-3-5-13(9)17-14(19)10(2)18-7-6-11(8-18)15(20)21/h3-5,10-11H,6-8H2,1-2H3,(H,17,19)(H,20,21). The van der Waals surface area contributed by atoms with E-state index < -0.39 is 5.97 Å². The van der Waals surface area contributed by atoms with E-state index in [0.717, 1.165) is 5.56 Å². The molecule has 0 spiro atoms. The number of carboxylic acid groups (broad SMARTS) is 1. The van der Waals surface area contributed by atoms with Crippen LogP contribution >= 0.6 is 11.6 Å². The first kappa shape index (κ1) is 15.8. The number of aliphatic carboxylic acids is 1. The highest BCUT2D eigenvalue weighted by Crippen LogP contribution is 2.24. The lowest BCUT2D eigenvalue weighted by molar-refractivity contribution is -0.141. The van der Waals surface area contributed by atoms with Gasteiger partial charge >= 0.3 is 5.97 Å². The van der Waals surface area contributed by atoms with Gasteiger partial charge in [0.15, 0.2) is 0 Å². The van der Waals surface area contributed by atoms with Crippen LogP contribution in [0.5, 0.6) is 0 Å². The van der Waals surface area contributed by atoms with Crippen LogP contribution in [-0.2, 0) is 9.59 Å². The van der Waals surface area contributed by atoms with Gasteiger partial charge < -0.3 is 10.4 Å². The van der Waals surface area contributed by atoms with Crippen LogP contribution in [0.3, 0.4) is 0 Å². The molecule has 2 atom stereocenters. The van der Waals surface area contributed by atoms with Crippen molar-refractivity contribution in [3.63, 3.8) is 0 Å². The van der Waals surface area contributed by atoms with E-state index in [-0.39, 0.29) is 17.9 Å². The van der Waals surface area contributed by atoms with Crippen LogP contribution in [0, 0.1) is 12.8 Å². The number of carbonyl (C=O) groups is 2. The Balaban J connectivity index is 2.00. The van der Waals surface area contributed by atoms with E-state index in [4.69, 9.17) is 16.7 Å². The summed E-state index contributed by atoms with van der Waals surface area (Å²) in [5, 5.41) is 12.5. The zero-order valence-electron chi connectivity index (χ0n) is 12.1. The van der Waals surface area contributed by atoms with Crippen molar-refractivity contribution < 1.29 is 14.7 Å². The number of benzene rings is 1. The number of hydrogen-bond donors (Lipinski definition) is 2. The average molecular weight is 311 g/mol. The van der Waals surface area contributed by atoms with Crippen molar-refractivity contribution in [2.45, 2.75) is 26.3 Å². The predicted molar refractivity (Wildman–Crippen MR) is 81.6 cm³/mol. The number of rotatable bonds is 4. The summed E-state index contributed by atoms with van der Waals surface area (Å²) < 4.78 is 0. The first-order chi connectivity index (χ1) is 9.90. The van der Waals surface area contributed by atoms with Gasteiger partial charge in [-0.1, -0.05) is 17.7 Å². The Morgan fingerprint density at radius 3 is 2.81 bits per heavy atom. The second-order valence-corrected chi connectivity index (χ2v) is 5.80. The van der Waals surface area contributed by atoms with Gasteiger partial charge in [0.2, 0.25) is 5.91 Å². The van der Waals surface area contributed by atoms with Crippen molar-refractivity contribution in [2.75, 3.05) is 18.4 Å². The fraction of sp³-hybridized carbons (Fsp3) is 0.467. The Hall–Kier alpha value is -1.59. The topological polar surface area (TPSA) is 69.6 Å². The first-order valence-corrected chi connectivity index (χ1v) is 7.30. The van der Waals surface area contributed by atoms with Crippen LogP contribution < -0.4 is 5.32 Å². The van der Waals surface area contributed by atoms with Crippen molar-refractivity contribution in [3.8, 4) is 0 Å². The molecular formula is C15H19ClN2O3. The summed E-state index contributed by atoms with van der Waals surface area (Å²) in [5.41, 5.74) is 1.51. The molecule has 1 aliphatic rings. The molecule has 21 heavy (non-hydrogen) atoms. The second-order valence-electron chi connectivity index (χ2n) is 5.40. The van der Waals surface area contributed by atoms with Crippen molar-refractivity contribution in [3.05, 3.63) is 28.8 Å². The van der Waals surface area contributed by atoms with E-state index >= 15 is 0 Å². The molecule has 2 unspecified atom stereocenters. The van der Waals surface area contributed by atoms with E-state index in [0.29, 0.717) is 30.2 Å². The van der Waals surface area contributed by atoms with Gasteiger partial charge in [0.05, 0.1) is 12.0 Å².